The van der Waals surface area contributed by atoms with Gasteiger partial charge in [-0.1, -0.05) is 22.0 Å². The van der Waals surface area contributed by atoms with Crippen molar-refractivity contribution < 1.29 is 19.8 Å². The van der Waals surface area contributed by atoms with E-state index in [1.807, 2.05) is 0 Å². The Kier molecular flexibility index (Phi) is 3.24. The Labute approximate surface area is 88.3 Å². The molecule has 0 fully saturated rings. The lowest BCUT2D eigenvalue weighted by Crippen LogP contribution is -2.04. The lowest BCUT2D eigenvalue weighted by Gasteiger charge is -2.03. The second-order valence-electron chi connectivity index (χ2n) is 2.56. The summed E-state index contributed by atoms with van der Waals surface area (Å²) >= 11 is 2.94. The first-order chi connectivity index (χ1) is 6.57. The number of carbonyl (C=O) groups excluding carboxylic acids is 1. The molecule has 0 heterocycles. The van der Waals surface area contributed by atoms with Crippen LogP contribution in [0.4, 0.5) is 0 Å². The number of halogens is 1. The van der Waals surface area contributed by atoms with Crippen molar-refractivity contribution in [3.63, 3.8) is 0 Å². The minimum Gasteiger partial charge on any atom is -0.506 e. The van der Waals surface area contributed by atoms with Gasteiger partial charge in [-0.2, -0.15) is 0 Å². The van der Waals surface area contributed by atoms with Crippen LogP contribution in [0, 0.1) is 0 Å². The van der Waals surface area contributed by atoms with E-state index >= 15 is 0 Å². The Morgan fingerprint density at radius 1 is 1.29 bits per heavy atom. The fraction of sp³-hybridized carbons (Fsp3) is 0.111. The average Bonchev–Trinajstić information content (AvgIpc) is 2.16. The molecule has 1 rings (SSSR count). The van der Waals surface area contributed by atoms with E-state index in [-0.39, 0.29) is 22.2 Å². The minimum atomic E-state index is -1.26. The third kappa shape index (κ3) is 1.93. The number of rotatable bonds is 3. The number of para-hydroxylation sites is 1. The molecule has 14 heavy (non-hydrogen) atoms. The summed E-state index contributed by atoms with van der Waals surface area (Å²) in [5, 5.41) is 18.1. The molecule has 4 nitrogen and oxygen atoms in total. The van der Waals surface area contributed by atoms with Gasteiger partial charge in [0, 0.05) is 0 Å². The Morgan fingerprint density at radius 3 is 2.36 bits per heavy atom. The van der Waals surface area contributed by atoms with E-state index in [2.05, 4.69) is 15.9 Å². The van der Waals surface area contributed by atoms with Gasteiger partial charge in [0.1, 0.15) is 11.3 Å². The molecule has 0 saturated carbocycles. The first kappa shape index (κ1) is 10.7. The van der Waals surface area contributed by atoms with Gasteiger partial charge < -0.3 is 10.2 Å². The Balaban J connectivity index is 3.27. The van der Waals surface area contributed by atoms with Crippen LogP contribution in [-0.2, 0) is 0 Å². The zero-order valence-corrected chi connectivity index (χ0v) is 8.61. The van der Waals surface area contributed by atoms with Gasteiger partial charge in [-0.05, 0) is 12.1 Å². The molecule has 1 aromatic rings. The maximum atomic E-state index is 11.2. The number of hydrogen-bond donors (Lipinski definition) is 2. The summed E-state index contributed by atoms with van der Waals surface area (Å²) in [5.41, 5.74) is -0.251. The van der Waals surface area contributed by atoms with E-state index in [9.17, 15) is 14.7 Å². The Bertz CT molecular complexity index is 386. The highest BCUT2D eigenvalue weighted by Gasteiger charge is 2.16. The van der Waals surface area contributed by atoms with Crippen LogP contribution < -0.4 is 0 Å². The van der Waals surface area contributed by atoms with Crippen LogP contribution in [0.2, 0.25) is 0 Å². The third-order valence-corrected chi connectivity index (χ3v) is 2.20. The van der Waals surface area contributed by atoms with Gasteiger partial charge in [0.15, 0.2) is 5.78 Å². The number of hydrogen-bond acceptors (Lipinski definition) is 3. The van der Waals surface area contributed by atoms with Crippen LogP contribution in [-0.4, -0.2) is 27.3 Å². The van der Waals surface area contributed by atoms with Crippen molar-refractivity contribution in [1.82, 2.24) is 0 Å². The predicted molar refractivity (Wildman–Crippen MR) is 53.2 cm³/mol. The van der Waals surface area contributed by atoms with E-state index in [1.165, 1.54) is 18.2 Å². The first-order valence-electron chi connectivity index (χ1n) is 3.72. The molecule has 0 radical (unpaired) electrons. The molecule has 0 aliphatic heterocycles. The van der Waals surface area contributed by atoms with Gasteiger partial charge in [-0.25, -0.2) is 4.79 Å². The fourth-order valence-corrected chi connectivity index (χ4v) is 1.32. The highest BCUT2D eigenvalue weighted by molar-refractivity contribution is 9.09. The average molecular weight is 259 g/mol. The van der Waals surface area contributed by atoms with Gasteiger partial charge in [-0.3, -0.25) is 4.79 Å². The highest BCUT2D eigenvalue weighted by atomic mass is 79.9. The molecule has 0 bridgehead atoms. The number of aromatic hydroxyl groups is 1. The molecule has 0 saturated heterocycles. The van der Waals surface area contributed by atoms with Crippen LogP contribution in [0.25, 0.3) is 0 Å². The lowest BCUT2D eigenvalue weighted by atomic mass is 10.1. The van der Waals surface area contributed by atoms with Crippen molar-refractivity contribution >= 4 is 27.7 Å². The van der Waals surface area contributed by atoms with Crippen LogP contribution in [0.1, 0.15) is 20.7 Å². The maximum Gasteiger partial charge on any atom is 0.339 e. The Hall–Kier alpha value is -1.36. The largest absolute Gasteiger partial charge is 0.506 e. The van der Waals surface area contributed by atoms with Gasteiger partial charge >= 0.3 is 5.97 Å². The van der Waals surface area contributed by atoms with E-state index < -0.39 is 11.7 Å². The van der Waals surface area contributed by atoms with Crippen molar-refractivity contribution in [2.24, 2.45) is 0 Å². The third-order valence-electron chi connectivity index (χ3n) is 1.69. The number of Topliss-reactive ketones (excluding diaryl/α,β-unsaturated/α-hetero) is 1. The minimum absolute atomic E-state index is 0.0155. The summed E-state index contributed by atoms with van der Waals surface area (Å²) in [7, 11) is 0. The maximum absolute atomic E-state index is 11.2. The van der Waals surface area contributed by atoms with E-state index in [0.717, 1.165) is 0 Å². The predicted octanol–water partition coefficient (Wildman–Crippen LogP) is 1.67. The summed E-state index contributed by atoms with van der Waals surface area (Å²) in [6.07, 6.45) is 0. The second kappa shape index (κ2) is 4.23. The van der Waals surface area contributed by atoms with Gasteiger partial charge in [-0.15, -0.1) is 0 Å². The zero-order chi connectivity index (χ0) is 10.7. The number of carboxylic acid groups (broad SMARTS) is 1. The molecule has 0 atom stereocenters. The number of phenols is 1. The summed E-state index contributed by atoms with van der Waals surface area (Å²) in [6, 6.07) is 4.03. The van der Waals surface area contributed by atoms with Gasteiger partial charge in [0.25, 0.3) is 0 Å². The molecule has 0 aliphatic carbocycles. The number of benzene rings is 1. The molecular formula is C9H7BrO4. The molecule has 0 unspecified atom stereocenters. The molecule has 0 amide bonds. The number of carbonyl (C=O) groups is 2. The summed E-state index contributed by atoms with van der Waals surface area (Å²) in [4.78, 5) is 21.8. The van der Waals surface area contributed by atoms with E-state index in [1.54, 1.807) is 0 Å². The van der Waals surface area contributed by atoms with E-state index in [4.69, 9.17) is 5.11 Å². The van der Waals surface area contributed by atoms with Crippen molar-refractivity contribution in [3.05, 3.63) is 29.3 Å². The van der Waals surface area contributed by atoms with Crippen LogP contribution in [0.3, 0.4) is 0 Å². The zero-order valence-electron chi connectivity index (χ0n) is 7.03. The second-order valence-corrected chi connectivity index (χ2v) is 3.12. The van der Waals surface area contributed by atoms with Crippen molar-refractivity contribution in [2.45, 2.75) is 0 Å². The number of alkyl halides is 1. The molecular weight excluding hydrogens is 252 g/mol. The number of ketones is 1. The van der Waals surface area contributed by atoms with Gasteiger partial charge in [0.2, 0.25) is 0 Å². The van der Waals surface area contributed by atoms with Crippen LogP contribution in [0.15, 0.2) is 18.2 Å². The van der Waals surface area contributed by atoms with Crippen molar-refractivity contribution in [3.8, 4) is 5.75 Å². The molecule has 1 aromatic carbocycles. The first-order valence-corrected chi connectivity index (χ1v) is 4.84. The monoisotopic (exact) mass is 258 g/mol. The fourth-order valence-electron chi connectivity index (χ4n) is 1.01. The number of aromatic carboxylic acids is 1. The highest BCUT2D eigenvalue weighted by Crippen LogP contribution is 2.23. The standard InChI is InChI=1S/C9H7BrO4/c10-4-7(11)5-2-1-3-6(8(5)12)9(13)14/h1-3,12H,4H2,(H,13,14). The van der Waals surface area contributed by atoms with E-state index in [0.29, 0.717) is 0 Å². The quantitative estimate of drug-likeness (QED) is 0.639. The smallest absolute Gasteiger partial charge is 0.339 e. The summed E-state index contributed by atoms with van der Waals surface area (Å²) < 4.78 is 0. The lowest BCUT2D eigenvalue weighted by molar-refractivity contribution is 0.0693. The molecule has 0 aliphatic rings. The summed E-state index contributed by atoms with van der Waals surface area (Å²) in [6.45, 7) is 0. The normalized spacial score (nSPS) is 9.79. The van der Waals surface area contributed by atoms with Crippen molar-refractivity contribution in [1.29, 1.82) is 0 Å². The molecule has 5 heteroatoms. The SMILES string of the molecule is O=C(O)c1cccc(C(=O)CBr)c1O. The van der Waals surface area contributed by atoms with Crippen LogP contribution in [0.5, 0.6) is 5.75 Å². The van der Waals surface area contributed by atoms with Gasteiger partial charge in [0.05, 0.1) is 10.9 Å². The van der Waals surface area contributed by atoms with Crippen molar-refractivity contribution in [2.75, 3.05) is 5.33 Å². The molecule has 2 N–H and O–H groups in total. The topological polar surface area (TPSA) is 74.6 Å². The Morgan fingerprint density at radius 2 is 1.86 bits per heavy atom. The molecule has 0 aromatic heterocycles. The molecule has 74 valence electrons. The van der Waals surface area contributed by atoms with Crippen LogP contribution >= 0.6 is 15.9 Å². The summed E-state index contributed by atoms with van der Waals surface area (Å²) in [5.74, 6) is -2.10. The molecule has 0 spiro atoms. The number of carboxylic acids is 1.